The summed E-state index contributed by atoms with van der Waals surface area (Å²) in [5.74, 6) is 2.97. The van der Waals surface area contributed by atoms with E-state index in [-0.39, 0.29) is 6.61 Å². The van der Waals surface area contributed by atoms with Gasteiger partial charge in [0.2, 0.25) is 0 Å². The van der Waals surface area contributed by atoms with Crippen LogP contribution in [0.5, 0.6) is 0 Å². The Morgan fingerprint density at radius 2 is 2.05 bits per heavy atom. The Balaban J connectivity index is 2.49. The first-order valence-electron chi connectivity index (χ1n) is 7.10. The molecule has 5 nitrogen and oxygen atoms in total. The maximum absolute atomic E-state index is 8.97. The molecule has 0 spiro atoms. The molecule has 0 bridgehead atoms. The molecule has 19 heavy (non-hydrogen) atoms. The van der Waals surface area contributed by atoms with Crippen molar-refractivity contribution >= 4 is 11.6 Å². The van der Waals surface area contributed by atoms with Crippen LogP contribution < -0.4 is 10.6 Å². The molecule has 108 valence electrons. The van der Waals surface area contributed by atoms with Gasteiger partial charge in [0.1, 0.15) is 17.5 Å². The highest BCUT2D eigenvalue weighted by molar-refractivity contribution is 5.47. The third-order valence-electron chi connectivity index (χ3n) is 2.99. The summed E-state index contributed by atoms with van der Waals surface area (Å²) in [5, 5.41) is 15.4. The van der Waals surface area contributed by atoms with Gasteiger partial charge in [-0.1, -0.05) is 13.8 Å². The molecule has 5 heteroatoms. The predicted molar refractivity (Wildman–Crippen MR) is 79.5 cm³/mol. The maximum Gasteiger partial charge on any atom is 0.133 e. The highest BCUT2D eigenvalue weighted by Gasteiger charge is 2.04. The third-order valence-corrected chi connectivity index (χ3v) is 2.99. The first kappa shape index (κ1) is 15.7. The summed E-state index contributed by atoms with van der Waals surface area (Å²) in [7, 11) is 1.87. The molecule has 1 rings (SSSR count). The fraction of sp³-hybridized carbons (Fsp3) is 0.714. The van der Waals surface area contributed by atoms with E-state index in [0.717, 1.165) is 49.7 Å². The molecule has 0 amide bonds. The standard InChI is InChI=1S/C14H26N4O/c1-4-6-12-17-13(15-3)9-14(18-12)16-8-5-7-11(2)10-19/h9,11,19H,4-8,10H2,1-3H3,(H2,15,16,17,18). The summed E-state index contributed by atoms with van der Waals surface area (Å²) in [5.41, 5.74) is 0. The van der Waals surface area contributed by atoms with Gasteiger partial charge in [0.15, 0.2) is 0 Å². The molecule has 0 saturated carbocycles. The largest absolute Gasteiger partial charge is 0.396 e. The van der Waals surface area contributed by atoms with Crippen LogP contribution in [-0.4, -0.2) is 35.3 Å². The minimum absolute atomic E-state index is 0.262. The smallest absolute Gasteiger partial charge is 0.133 e. The molecule has 1 atom stereocenters. The van der Waals surface area contributed by atoms with Crippen molar-refractivity contribution in [2.24, 2.45) is 5.92 Å². The minimum Gasteiger partial charge on any atom is -0.396 e. The van der Waals surface area contributed by atoms with Crippen LogP contribution in [0.4, 0.5) is 11.6 Å². The maximum atomic E-state index is 8.97. The van der Waals surface area contributed by atoms with Gasteiger partial charge in [0.25, 0.3) is 0 Å². The van der Waals surface area contributed by atoms with Crippen LogP contribution in [0.25, 0.3) is 0 Å². The molecule has 1 unspecified atom stereocenters. The highest BCUT2D eigenvalue weighted by Crippen LogP contribution is 2.12. The summed E-state index contributed by atoms with van der Waals surface area (Å²) in [4.78, 5) is 8.91. The normalized spacial score (nSPS) is 12.2. The van der Waals surface area contributed by atoms with Crippen LogP contribution in [0.1, 0.15) is 38.9 Å². The second kappa shape index (κ2) is 8.69. The average Bonchev–Trinajstić information content (AvgIpc) is 2.43. The molecule has 3 N–H and O–H groups in total. The minimum atomic E-state index is 0.262. The van der Waals surface area contributed by atoms with Gasteiger partial charge in [-0.3, -0.25) is 0 Å². The second-order valence-electron chi connectivity index (χ2n) is 4.91. The third kappa shape index (κ3) is 5.87. The lowest BCUT2D eigenvalue weighted by molar-refractivity contribution is 0.229. The topological polar surface area (TPSA) is 70.1 Å². The second-order valence-corrected chi connectivity index (χ2v) is 4.91. The van der Waals surface area contributed by atoms with Crippen LogP contribution in [-0.2, 0) is 6.42 Å². The van der Waals surface area contributed by atoms with E-state index >= 15 is 0 Å². The first-order chi connectivity index (χ1) is 9.19. The first-order valence-corrected chi connectivity index (χ1v) is 7.10. The van der Waals surface area contributed by atoms with E-state index < -0.39 is 0 Å². The lowest BCUT2D eigenvalue weighted by Crippen LogP contribution is -2.09. The molecule has 0 fully saturated rings. The SMILES string of the molecule is CCCc1nc(NC)cc(NCCCC(C)CO)n1. The van der Waals surface area contributed by atoms with Gasteiger partial charge in [-0.25, -0.2) is 9.97 Å². The number of nitrogens with zero attached hydrogens (tertiary/aromatic N) is 2. The van der Waals surface area contributed by atoms with Gasteiger partial charge < -0.3 is 15.7 Å². The Hall–Kier alpha value is -1.36. The summed E-state index contributed by atoms with van der Waals surface area (Å²) in [6, 6.07) is 1.93. The fourth-order valence-corrected chi connectivity index (χ4v) is 1.81. The quantitative estimate of drug-likeness (QED) is 0.598. The van der Waals surface area contributed by atoms with Crippen molar-refractivity contribution in [3.8, 4) is 0 Å². The van der Waals surface area contributed by atoms with Crippen molar-refractivity contribution in [3.05, 3.63) is 11.9 Å². The zero-order valence-corrected chi connectivity index (χ0v) is 12.2. The summed E-state index contributed by atoms with van der Waals surface area (Å²) >= 11 is 0. The van der Waals surface area contributed by atoms with Crippen molar-refractivity contribution in [2.45, 2.75) is 39.5 Å². The van der Waals surface area contributed by atoms with Crippen LogP contribution in [0, 0.1) is 5.92 Å². The lowest BCUT2D eigenvalue weighted by atomic mass is 10.1. The van der Waals surface area contributed by atoms with Crippen molar-refractivity contribution in [1.29, 1.82) is 0 Å². The lowest BCUT2D eigenvalue weighted by Gasteiger charge is -2.11. The summed E-state index contributed by atoms with van der Waals surface area (Å²) < 4.78 is 0. The van der Waals surface area contributed by atoms with E-state index in [4.69, 9.17) is 5.11 Å². The number of rotatable bonds is 9. The Labute approximate surface area is 115 Å². The zero-order chi connectivity index (χ0) is 14.1. The number of aliphatic hydroxyl groups is 1. The van der Waals surface area contributed by atoms with E-state index in [1.165, 1.54) is 0 Å². The molecular weight excluding hydrogens is 240 g/mol. The highest BCUT2D eigenvalue weighted by atomic mass is 16.3. The Kier molecular flexibility index (Phi) is 7.18. The molecule has 0 aliphatic carbocycles. The van der Waals surface area contributed by atoms with Gasteiger partial charge in [-0.15, -0.1) is 0 Å². The number of nitrogens with one attached hydrogen (secondary N) is 2. The molecular formula is C14H26N4O. The number of hydrogen-bond acceptors (Lipinski definition) is 5. The molecule has 0 saturated heterocycles. The zero-order valence-electron chi connectivity index (χ0n) is 12.2. The number of hydrogen-bond donors (Lipinski definition) is 3. The van der Waals surface area contributed by atoms with E-state index in [1.54, 1.807) is 0 Å². The van der Waals surface area contributed by atoms with E-state index in [0.29, 0.717) is 5.92 Å². The molecule has 0 aromatic carbocycles. The summed E-state index contributed by atoms with van der Waals surface area (Å²) in [6.07, 6.45) is 3.99. The van der Waals surface area contributed by atoms with Crippen molar-refractivity contribution < 1.29 is 5.11 Å². The van der Waals surface area contributed by atoms with Gasteiger partial charge in [0, 0.05) is 32.7 Å². The van der Waals surface area contributed by atoms with Gasteiger partial charge in [-0.2, -0.15) is 0 Å². The number of aliphatic hydroxyl groups excluding tert-OH is 1. The van der Waals surface area contributed by atoms with Gasteiger partial charge in [-0.05, 0) is 25.2 Å². The van der Waals surface area contributed by atoms with Gasteiger partial charge >= 0.3 is 0 Å². The molecule has 0 aliphatic heterocycles. The van der Waals surface area contributed by atoms with Crippen LogP contribution in [0.3, 0.4) is 0 Å². The number of anilines is 2. The molecule has 0 radical (unpaired) electrons. The molecule has 1 aromatic rings. The summed E-state index contributed by atoms with van der Waals surface area (Å²) in [6.45, 7) is 5.32. The van der Waals surface area contributed by atoms with Crippen LogP contribution in [0.15, 0.2) is 6.07 Å². The number of aryl methyl sites for hydroxylation is 1. The van der Waals surface area contributed by atoms with Gasteiger partial charge in [0.05, 0.1) is 0 Å². The number of aromatic nitrogens is 2. The fourth-order valence-electron chi connectivity index (χ4n) is 1.81. The average molecular weight is 266 g/mol. The molecule has 1 heterocycles. The van der Waals surface area contributed by atoms with Crippen molar-refractivity contribution in [2.75, 3.05) is 30.8 Å². The Morgan fingerprint density at radius 3 is 2.68 bits per heavy atom. The van der Waals surface area contributed by atoms with E-state index in [1.807, 2.05) is 13.1 Å². The van der Waals surface area contributed by atoms with Crippen molar-refractivity contribution in [3.63, 3.8) is 0 Å². The van der Waals surface area contributed by atoms with Crippen LogP contribution in [0.2, 0.25) is 0 Å². The van der Waals surface area contributed by atoms with Crippen molar-refractivity contribution in [1.82, 2.24) is 9.97 Å². The monoisotopic (exact) mass is 266 g/mol. The van der Waals surface area contributed by atoms with Crippen LogP contribution >= 0.6 is 0 Å². The molecule has 1 aromatic heterocycles. The van der Waals surface area contributed by atoms with E-state index in [9.17, 15) is 0 Å². The van der Waals surface area contributed by atoms with E-state index in [2.05, 4.69) is 34.4 Å². The Bertz CT molecular complexity index is 370. The predicted octanol–water partition coefficient (Wildman–Crippen LogP) is 2.29. The molecule has 0 aliphatic rings. The Morgan fingerprint density at radius 1 is 1.32 bits per heavy atom.